The van der Waals surface area contributed by atoms with Crippen LogP contribution in [0, 0.1) is 0 Å². The van der Waals surface area contributed by atoms with Gasteiger partial charge in [0, 0.05) is 36.6 Å². The molecular weight excluding hydrogens is 676 g/mol. The Labute approximate surface area is 319 Å². The second kappa shape index (κ2) is 12.5. The van der Waals surface area contributed by atoms with Crippen molar-refractivity contribution in [3.8, 4) is 22.3 Å². The van der Waals surface area contributed by atoms with Crippen LogP contribution in [0.1, 0.15) is 0 Å². The van der Waals surface area contributed by atoms with Gasteiger partial charge in [-0.1, -0.05) is 191 Å². The minimum Gasteiger partial charge on any atom is -0.311 e. The lowest BCUT2D eigenvalue weighted by Crippen LogP contribution is -2.62. The third kappa shape index (κ3) is 4.91. The van der Waals surface area contributed by atoms with Crippen molar-refractivity contribution in [1.82, 2.24) is 0 Å². The van der Waals surface area contributed by atoms with Gasteiger partial charge in [0.05, 0.1) is 0 Å². The van der Waals surface area contributed by atoms with E-state index in [2.05, 4.69) is 193 Å². The van der Waals surface area contributed by atoms with Gasteiger partial charge in [0.1, 0.15) is 0 Å². The predicted molar refractivity (Wildman–Crippen MR) is 229 cm³/mol. The summed E-state index contributed by atoms with van der Waals surface area (Å²) in [5, 5.41) is 0. The highest BCUT2D eigenvalue weighted by molar-refractivity contribution is 8.01. The molecule has 11 rings (SSSR count). The summed E-state index contributed by atoms with van der Waals surface area (Å²) in [4.78, 5) is 7.83. The molecule has 53 heavy (non-hydrogen) atoms. The van der Waals surface area contributed by atoms with Crippen LogP contribution < -0.4 is 37.7 Å². The number of benzene rings is 8. The zero-order chi connectivity index (χ0) is 34.9. The summed E-state index contributed by atoms with van der Waals surface area (Å²) in [7, 11) is 0. The summed E-state index contributed by atoms with van der Waals surface area (Å²) >= 11 is 3.86. The number of anilines is 3. The van der Waals surface area contributed by atoms with Crippen LogP contribution in [0.25, 0.3) is 22.3 Å². The summed E-state index contributed by atoms with van der Waals surface area (Å²) in [6.45, 7) is 0.167. The average molecular weight is 708 g/mol. The van der Waals surface area contributed by atoms with Gasteiger partial charge in [-0.05, 0) is 75.6 Å². The molecule has 1 nitrogen and oxygen atoms in total. The largest absolute Gasteiger partial charge is 0.311 e. The molecule has 0 fully saturated rings. The van der Waals surface area contributed by atoms with Crippen molar-refractivity contribution in [3.05, 3.63) is 188 Å². The molecule has 0 aromatic heterocycles. The molecular formula is C48H31B2NS2. The Morgan fingerprint density at radius 1 is 0.340 bits per heavy atom. The standard InChI is InChI=1S/C48H31B2NS2/c1-4-16-32(17-5-1)35-22-14-23-36(33-18-6-2-7-19-33)47(35)50-38-25-11-13-28-43(38)52-45-31-46-39(30-40(45)50)49-37-24-10-12-26-41(37)51(34-20-8-3-9-21-34)42-27-15-29-44(53-46)48(42)49/h1-31H. The maximum Gasteiger partial charge on any atom is 0.249 e. The fraction of sp³-hybridized carbons (Fsp3) is 0. The van der Waals surface area contributed by atoms with Gasteiger partial charge in [0.2, 0.25) is 13.4 Å². The van der Waals surface area contributed by atoms with E-state index in [1.165, 1.54) is 91.7 Å². The first kappa shape index (κ1) is 31.0. The van der Waals surface area contributed by atoms with Gasteiger partial charge >= 0.3 is 0 Å². The van der Waals surface area contributed by atoms with Crippen molar-refractivity contribution in [3.63, 3.8) is 0 Å². The van der Waals surface area contributed by atoms with Gasteiger partial charge in [-0.15, -0.1) is 0 Å². The molecule has 0 saturated carbocycles. The molecule has 246 valence electrons. The van der Waals surface area contributed by atoms with Gasteiger partial charge in [0.15, 0.2) is 0 Å². The van der Waals surface area contributed by atoms with Crippen LogP contribution in [0.15, 0.2) is 208 Å². The van der Waals surface area contributed by atoms with Gasteiger partial charge in [0.25, 0.3) is 0 Å². The third-order valence-electron chi connectivity index (χ3n) is 11.1. The second-order valence-corrected chi connectivity index (χ2v) is 16.1. The lowest BCUT2D eigenvalue weighted by Gasteiger charge is -2.40. The fourth-order valence-electron chi connectivity index (χ4n) is 8.87. The SMILES string of the molecule is c1ccc(-c2cccc(-c3ccccc3)c2B2c3ccccc3Sc3cc4c(cc32)B2c3ccccc3N(c3ccccc3)c3cccc(c32)S4)cc1. The molecule has 3 aliphatic rings. The first-order valence-corrected chi connectivity index (χ1v) is 19.9. The number of para-hydroxylation sites is 2. The van der Waals surface area contributed by atoms with Crippen LogP contribution >= 0.6 is 23.5 Å². The molecule has 3 heterocycles. The normalized spacial score (nSPS) is 13.4. The summed E-state index contributed by atoms with van der Waals surface area (Å²) in [5.41, 5.74) is 17.0. The smallest absolute Gasteiger partial charge is 0.249 e. The van der Waals surface area contributed by atoms with Crippen LogP contribution in [0.5, 0.6) is 0 Å². The highest BCUT2D eigenvalue weighted by atomic mass is 32.2. The maximum atomic E-state index is 2.60. The molecule has 0 unspecified atom stereocenters. The van der Waals surface area contributed by atoms with Crippen molar-refractivity contribution in [1.29, 1.82) is 0 Å². The topological polar surface area (TPSA) is 3.24 Å². The third-order valence-corrected chi connectivity index (χ3v) is 13.4. The fourth-order valence-corrected chi connectivity index (χ4v) is 11.3. The number of nitrogens with zero attached hydrogens (tertiary/aromatic N) is 1. The Kier molecular flexibility index (Phi) is 7.31. The predicted octanol–water partition coefficient (Wildman–Crippen LogP) is 8.77. The summed E-state index contributed by atoms with van der Waals surface area (Å²) < 4.78 is 0. The summed E-state index contributed by atoms with van der Waals surface area (Å²) in [6, 6.07) is 69.8. The van der Waals surface area contributed by atoms with Gasteiger partial charge in [-0.3, -0.25) is 0 Å². The Balaban J connectivity index is 1.18. The highest BCUT2D eigenvalue weighted by Crippen LogP contribution is 2.43. The molecule has 0 saturated heterocycles. The van der Waals surface area contributed by atoms with Crippen LogP contribution in [-0.2, 0) is 0 Å². The first-order chi connectivity index (χ1) is 26.3. The number of fused-ring (bicyclic) bond motifs is 6. The number of hydrogen-bond acceptors (Lipinski definition) is 3. The van der Waals surface area contributed by atoms with E-state index in [1.54, 1.807) is 0 Å². The van der Waals surface area contributed by atoms with Crippen molar-refractivity contribution in [2.24, 2.45) is 0 Å². The van der Waals surface area contributed by atoms with E-state index in [-0.39, 0.29) is 13.4 Å². The average Bonchev–Trinajstić information content (AvgIpc) is 3.23. The van der Waals surface area contributed by atoms with Crippen LogP contribution in [0.3, 0.4) is 0 Å². The number of hydrogen-bond donors (Lipinski definition) is 0. The maximum absolute atomic E-state index is 2.60. The van der Waals surface area contributed by atoms with Crippen molar-refractivity contribution >= 4 is 86.8 Å². The van der Waals surface area contributed by atoms with Crippen molar-refractivity contribution < 1.29 is 0 Å². The van der Waals surface area contributed by atoms with Crippen molar-refractivity contribution in [2.45, 2.75) is 19.6 Å². The zero-order valence-electron chi connectivity index (χ0n) is 28.8. The molecule has 3 aliphatic heterocycles. The molecule has 0 radical (unpaired) electrons. The Morgan fingerprint density at radius 3 is 1.55 bits per heavy atom. The molecule has 0 bridgehead atoms. The molecule has 0 spiro atoms. The Hall–Kier alpha value is -5.61. The summed E-state index contributed by atoms with van der Waals surface area (Å²) in [6.07, 6.45) is 0. The minimum atomic E-state index is 0.0423. The second-order valence-electron chi connectivity index (χ2n) is 14.0. The Morgan fingerprint density at radius 2 is 0.849 bits per heavy atom. The van der Waals surface area contributed by atoms with Gasteiger partial charge in [-0.25, -0.2) is 0 Å². The molecule has 0 amide bonds. The van der Waals surface area contributed by atoms with E-state index in [4.69, 9.17) is 0 Å². The van der Waals surface area contributed by atoms with E-state index in [9.17, 15) is 0 Å². The van der Waals surface area contributed by atoms with Crippen LogP contribution in [0.2, 0.25) is 0 Å². The monoisotopic (exact) mass is 707 g/mol. The van der Waals surface area contributed by atoms with E-state index >= 15 is 0 Å². The molecule has 0 aliphatic carbocycles. The Bertz CT molecular complexity index is 2640. The zero-order valence-corrected chi connectivity index (χ0v) is 30.4. The molecule has 8 aromatic carbocycles. The van der Waals surface area contributed by atoms with Crippen molar-refractivity contribution in [2.75, 3.05) is 4.90 Å². The molecule has 0 atom stereocenters. The quantitative estimate of drug-likeness (QED) is 0.169. The van der Waals surface area contributed by atoms with E-state index < -0.39 is 0 Å². The molecule has 8 aromatic rings. The number of rotatable bonds is 4. The summed E-state index contributed by atoms with van der Waals surface area (Å²) in [5.74, 6) is 0. The lowest BCUT2D eigenvalue weighted by atomic mass is 9.32. The van der Waals surface area contributed by atoms with E-state index in [0.29, 0.717) is 0 Å². The molecule has 5 heteroatoms. The molecule has 0 N–H and O–H groups in total. The van der Waals surface area contributed by atoms with E-state index in [0.717, 1.165) is 0 Å². The lowest BCUT2D eigenvalue weighted by molar-refractivity contribution is 1.26. The first-order valence-electron chi connectivity index (χ1n) is 18.2. The van der Waals surface area contributed by atoms with E-state index in [1.807, 2.05) is 23.5 Å². The van der Waals surface area contributed by atoms with Crippen LogP contribution in [0.4, 0.5) is 17.1 Å². The van der Waals surface area contributed by atoms with Crippen LogP contribution in [-0.4, -0.2) is 13.4 Å². The highest BCUT2D eigenvalue weighted by Gasteiger charge is 2.43. The van der Waals surface area contributed by atoms with Gasteiger partial charge in [-0.2, -0.15) is 0 Å². The minimum absolute atomic E-state index is 0.0423. The van der Waals surface area contributed by atoms with Gasteiger partial charge < -0.3 is 4.90 Å².